The second-order valence-corrected chi connectivity index (χ2v) is 6.29. The molecule has 1 aromatic heterocycles. The molecule has 22 heavy (non-hydrogen) atoms. The van der Waals surface area contributed by atoms with Crippen LogP contribution in [0.4, 0.5) is 0 Å². The highest BCUT2D eigenvalue weighted by Gasteiger charge is 2.37. The maximum absolute atomic E-state index is 12.5. The maximum atomic E-state index is 12.5. The zero-order chi connectivity index (χ0) is 15.7. The fourth-order valence-electron chi connectivity index (χ4n) is 3.36. The number of nitrogens with one attached hydrogen (secondary N) is 2. The number of aryl methyl sites for hydroxylation is 1. The first kappa shape index (κ1) is 14.6. The summed E-state index contributed by atoms with van der Waals surface area (Å²) >= 11 is 0. The van der Waals surface area contributed by atoms with E-state index >= 15 is 0 Å². The molecular weight excluding hydrogens is 280 g/mol. The van der Waals surface area contributed by atoms with Gasteiger partial charge in [0.1, 0.15) is 5.69 Å². The molecule has 0 bridgehead atoms. The smallest absolute Gasteiger partial charge is 0.305 e. The highest BCUT2D eigenvalue weighted by molar-refractivity contribution is 5.98. The van der Waals surface area contributed by atoms with Crippen LogP contribution in [0.2, 0.25) is 0 Å². The Balaban J connectivity index is 1.83. The van der Waals surface area contributed by atoms with E-state index in [-0.39, 0.29) is 12.3 Å². The summed E-state index contributed by atoms with van der Waals surface area (Å²) in [7, 11) is 0. The molecule has 0 spiro atoms. The van der Waals surface area contributed by atoms with Gasteiger partial charge in [0.2, 0.25) is 0 Å². The first-order chi connectivity index (χ1) is 10.5. The van der Waals surface area contributed by atoms with Gasteiger partial charge in [-0.3, -0.25) is 9.59 Å². The van der Waals surface area contributed by atoms with Gasteiger partial charge in [-0.1, -0.05) is 25.0 Å². The molecule has 1 heterocycles. The number of fused-ring (bicyclic) bond motifs is 1. The van der Waals surface area contributed by atoms with Crippen LogP contribution in [-0.2, 0) is 4.79 Å². The van der Waals surface area contributed by atoms with Crippen molar-refractivity contribution in [1.29, 1.82) is 0 Å². The number of aromatic amines is 1. The summed E-state index contributed by atoms with van der Waals surface area (Å²) in [5.74, 6) is -1.09. The number of carboxylic acid groups (broad SMARTS) is 1. The molecule has 1 aromatic carbocycles. The summed E-state index contributed by atoms with van der Waals surface area (Å²) in [4.78, 5) is 26.7. The van der Waals surface area contributed by atoms with Crippen LogP contribution < -0.4 is 5.32 Å². The van der Waals surface area contributed by atoms with Crippen molar-refractivity contribution in [3.63, 3.8) is 0 Å². The first-order valence-corrected chi connectivity index (χ1v) is 7.61. The number of H-pyrrole nitrogens is 1. The van der Waals surface area contributed by atoms with Gasteiger partial charge in [0.15, 0.2) is 0 Å². The summed E-state index contributed by atoms with van der Waals surface area (Å²) in [5, 5.41) is 13.1. The molecule has 116 valence electrons. The van der Waals surface area contributed by atoms with Crippen molar-refractivity contribution < 1.29 is 14.7 Å². The molecule has 0 saturated heterocycles. The quantitative estimate of drug-likeness (QED) is 0.811. The molecule has 1 fully saturated rings. The second-order valence-electron chi connectivity index (χ2n) is 6.29. The molecule has 1 aliphatic carbocycles. The fourth-order valence-corrected chi connectivity index (χ4v) is 3.36. The number of aliphatic carboxylic acids is 1. The van der Waals surface area contributed by atoms with Gasteiger partial charge in [-0.05, 0) is 37.5 Å². The van der Waals surface area contributed by atoms with E-state index in [1.54, 1.807) is 0 Å². The van der Waals surface area contributed by atoms with Crippen molar-refractivity contribution in [2.45, 2.75) is 44.6 Å². The Morgan fingerprint density at radius 2 is 2.00 bits per heavy atom. The average Bonchev–Trinajstić information content (AvgIpc) is 3.04. The maximum Gasteiger partial charge on any atom is 0.305 e. The van der Waals surface area contributed by atoms with Crippen LogP contribution in [0.1, 0.15) is 48.2 Å². The van der Waals surface area contributed by atoms with E-state index in [9.17, 15) is 9.59 Å². The van der Waals surface area contributed by atoms with Crippen molar-refractivity contribution >= 4 is 22.8 Å². The SMILES string of the molecule is Cc1ccc2cc(C(=O)NC3(CC(=O)O)CCCC3)[nH]c2c1. The standard InChI is InChI=1S/C17H20N2O3/c1-11-4-5-12-9-14(18-13(12)8-11)16(22)19-17(10-15(20)21)6-2-3-7-17/h4-5,8-9,18H,2-3,6-7,10H2,1H3,(H,19,22)(H,20,21). The van der Waals surface area contributed by atoms with Crippen LogP contribution in [0.3, 0.4) is 0 Å². The third-order valence-electron chi connectivity index (χ3n) is 4.45. The summed E-state index contributed by atoms with van der Waals surface area (Å²) in [6.45, 7) is 2.00. The lowest BCUT2D eigenvalue weighted by molar-refractivity contribution is -0.138. The largest absolute Gasteiger partial charge is 0.481 e. The molecule has 0 aliphatic heterocycles. The number of aromatic nitrogens is 1. The number of hydrogen-bond acceptors (Lipinski definition) is 2. The predicted molar refractivity (Wildman–Crippen MR) is 84.0 cm³/mol. The summed E-state index contributed by atoms with van der Waals surface area (Å²) in [6.07, 6.45) is 3.35. The van der Waals surface area contributed by atoms with Crippen LogP contribution >= 0.6 is 0 Å². The fraction of sp³-hybridized carbons (Fsp3) is 0.412. The molecule has 0 atom stereocenters. The van der Waals surface area contributed by atoms with Gasteiger partial charge >= 0.3 is 5.97 Å². The van der Waals surface area contributed by atoms with E-state index in [0.717, 1.165) is 42.1 Å². The minimum atomic E-state index is -0.866. The average molecular weight is 300 g/mol. The normalized spacial score (nSPS) is 16.8. The first-order valence-electron chi connectivity index (χ1n) is 7.61. The van der Waals surface area contributed by atoms with Crippen molar-refractivity contribution in [1.82, 2.24) is 10.3 Å². The van der Waals surface area contributed by atoms with Crippen molar-refractivity contribution in [3.8, 4) is 0 Å². The van der Waals surface area contributed by atoms with Crippen LogP contribution in [0.15, 0.2) is 24.3 Å². The molecule has 1 aliphatic rings. The van der Waals surface area contributed by atoms with Crippen LogP contribution in [-0.4, -0.2) is 27.5 Å². The molecule has 0 radical (unpaired) electrons. The van der Waals surface area contributed by atoms with Crippen LogP contribution in [0.25, 0.3) is 10.9 Å². The molecule has 2 aromatic rings. The van der Waals surface area contributed by atoms with Gasteiger partial charge in [0, 0.05) is 10.9 Å². The molecule has 3 rings (SSSR count). The van der Waals surface area contributed by atoms with Gasteiger partial charge < -0.3 is 15.4 Å². The van der Waals surface area contributed by atoms with Gasteiger partial charge in [-0.25, -0.2) is 0 Å². The van der Waals surface area contributed by atoms with Crippen LogP contribution in [0, 0.1) is 6.92 Å². The Kier molecular flexibility index (Phi) is 3.64. The number of hydrogen-bond donors (Lipinski definition) is 3. The Bertz CT molecular complexity index is 727. The zero-order valence-electron chi connectivity index (χ0n) is 12.6. The number of rotatable bonds is 4. The minimum Gasteiger partial charge on any atom is -0.481 e. The molecule has 5 heteroatoms. The number of carbonyl (C=O) groups excluding carboxylic acids is 1. The third kappa shape index (κ3) is 2.84. The van der Waals surface area contributed by atoms with Gasteiger partial charge in [0.05, 0.1) is 12.0 Å². The van der Waals surface area contributed by atoms with Gasteiger partial charge in [-0.2, -0.15) is 0 Å². The lowest BCUT2D eigenvalue weighted by Gasteiger charge is -2.28. The van der Waals surface area contributed by atoms with Crippen LogP contribution in [0.5, 0.6) is 0 Å². The topological polar surface area (TPSA) is 82.2 Å². The van der Waals surface area contributed by atoms with E-state index in [0.29, 0.717) is 5.69 Å². The monoisotopic (exact) mass is 300 g/mol. The Morgan fingerprint density at radius 1 is 1.27 bits per heavy atom. The summed E-state index contributed by atoms with van der Waals surface area (Å²) < 4.78 is 0. The van der Waals surface area contributed by atoms with E-state index in [1.165, 1.54) is 0 Å². The number of carbonyl (C=O) groups is 2. The Hall–Kier alpha value is -2.30. The molecule has 5 nitrogen and oxygen atoms in total. The molecular formula is C17H20N2O3. The van der Waals surface area contributed by atoms with Gasteiger partial charge in [0.25, 0.3) is 5.91 Å². The van der Waals surface area contributed by atoms with Gasteiger partial charge in [-0.15, -0.1) is 0 Å². The number of carboxylic acids is 1. The summed E-state index contributed by atoms with van der Waals surface area (Å²) in [6, 6.07) is 7.78. The predicted octanol–water partition coefficient (Wildman–Crippen LogP) is 2.99. The highest BCUT2D eigenvalue weighted by atomic mass is 16.4. The lowest BCUT2D eigenvalue weighted by atomic mass is 9.93. The van der Waals surface area contributed by atoms with Crippen molar-refractivity contribution in [2.24, 2.45) is 0 Å². The number of amides is 1. The minimum absolute atomic E-state index is 0.0158. The molecule has 1 saturated carbocycles. The van der Waals surface area contributed by atoms with E-state index in [1.807, 2.05) is 31.2 Å². The zero-order valence-corrected chi connectivity index (χ0v) is 12.6. The second kappa shape index (κ2) is 5.48. The third-order valence-corrected chi connectivity index (χ3v) is 4.45. The Morgan fingerprint density at radius 3 is 2.68 bits per heavy atom. The van der Waals surface area contributed by atoms with E-state index < -0.39 is 11.5 Å². The number of benzene rings is 1. The molecule has 0 unspecified atom stereocenters. The highest BCUT2D eigenvalue weighted by Crippen LogP contribution is 2.33. The lowest BCUT2D eigenvalue weighted by Crippen LogP contribution is -2.47. The molecule has 1 amide bonds. The summed E-state index contributed by atoms with van der Waals surface area (Å²) in [5.41, 5.74) is 1.93. The Labute approximate surface area is 128 Å². The van der Waals surface area contributed by atoms with Crippen molar-refractivity contribution in [2.75, 3.05) is 0 Å². The molecule has 3 N–H and O–H groups in total. The van der Waals surface area contributed by atoms with E-state index in [2.05, 4.69) is 10.3 Å². The van der Waals surface area contributed by atoms with Crippen molar-refractivity contribution in [3.05, 3.63) is 35.5 Å². The van der Waals surface area contributed by atoms with E-state index in [4.69, 9.17) is 5.11 Å².